The van der Waals surface area contributed by atoms with Gasteiger partial charge in [0.25, 0.3) is 5.91 Å². The fourth-order valence-electron chi connectivity index (χ4n) is 4.82. The van der Waals surface area contributed by atoms with Crippen LogP contribution in [0.15, 0.2) is 60.0 Å². The van der Waals surface area contributed by atoms with Crippen LogP contribution >= 0.6 is 11.3 Å². The molecule has 2 N–H and O–H groups in total. The quantitative estimate of drug-likeness (QED) is 0.277. The Labute approximate surface area is 255 Å². The number of ketones is 1. The summed E-state index contributed by atoms with van der Waals surface area (Å²) in [4.78, 5) is 69.4. The van der Waals surface area contributed by atoms with Gasteiger partial charge in [0.1, 0.15) is 11.0 Å². The second-order valence-corrected chi connectivity index (χ2v) is 12.1. The molecule has 0 aliphatic carbocycles. The van der Waals surface area contributed by atoms with Crippen LogP contribution in [0, 0.1) is 12.3 Å². The third kappa shape index (κ3) is 7.29. The van der Waals surface area contributed by atoms with Gasteiger partial charge in [-0.3, -0.25) is 24.5 Å². The average molecular weight is 605 g/mol. The highest BCUT2D eigenvalue weighted by Crippen LogP contribution is 2.35. The first-order valence-electron chi connectivity index (χ1n) is 14.0. The van der Waals surface area contributed by atoms with Gasteiger partial charge in [-0.15, -0.1) is 11.3 Å². The third-order valence-electron chi connectivity index (χ3n) is 6.95. The lowest BCUT2D eigenvalue weighted by Crippen LogP contribution is -2.55. The molecule has 43 heavy (non-hydrogen) atoms. The number of thiophene rings is 1. The number of rotatable bonds is 8. The number of ether oxygens (including phenoxy) is 1. The van der Waals surface area contributed by atoms with E-state index >= 15 is 0 Å². The number of benzene rings is 2. The first-order valence-corrected chi connectivity index (χ1v) is 14.9. The molecular weight excluding hydrogens is 568 g/mol. The number of amides is 4. The molecule has 11 heteroatoms. The topological polar surface area (TPSA) is 125 Å². The highest BCUT2D eigenvalue weighted by Gasteiger charge is 2.40. The third-order valence-corrected chi connectivity index (χ3v) is 7.82. The Morgan fingerprint density at radius 1 is 1.00 bits per heavy atom. The van der Waals surface area contributed by atoms with Crippen LogP contribution in [0.1, 0.15) is 49.2 Å². The first kappa shape index (κ1) is 31.4. The zero-order valence-electron chi connectivity index (χ0n) is 24.9. The zero-order chi connectivity index (χ0) is 31.3. The Balaban J connectivity index is 1.67. The van der Waals surface area contributed by atoms with Crippen molar-refractivity contribution < 1.29 is 28.7 Å². The van der Waals surface area contributed by atoms with E-state index in [1.54, 1.807) is 75.5 Å². The fourth-order valence-corrected chi connectivity index (χ4v) is 5.63. The summed E-state index contributed by atoms with van der Waals surface area (Å²) in [5, 5.41) is 7.62. The van der Waals surface area contributed by atoms with Crippen LogP contribution in [-0.4, -0.2) is 55.3 Å². The van der Waals surface area contributed by atoms with Crippen LogP contribution in [0.5, 0.6) is 0 Å². The van der Waals surface area contributed by atoms with Gasteiger partial charge >= 0.3 is 12.0 Å². The minimum absolute atomic E-state index is 0.0206. The lowest BCUT2D eigenvalue weighted by atomic mass is 9.94. The molecule has 0 radical (unpaired) electrons. The number of para-hydroxylation sites is 2. The van der Waals surface area contributed by atoms with Crippen molar-refractivity contribution >= 4 is 57.3 Å². The van der Waals surface area contributed by atoms with Gasteiger partial charge in [-0.2, -0.15) is 0 Å². The number of fused-ring (bicyclic) bond motifs is 1. The van der Waals surface area contributed by atoms with Crippen molar-refractivity contribution in [3.05, 3.63) is 76.7 Å². The van der Waals surface area contributed by atoms with Gasteiger partial charge in [0.2, 0.25) is 5.91 Å². The lowest BCUT2D eigenvalue weighted by molar-refractivity contribution is -0.142. The van der Waals surface area contributed by atoms with E-state index in [4.69, 9.17) is 4.74 Å². The Hall–Kier alpha value is -4.51. The maximum absolute atomic E-state index is 14.1. The SMILES string of the molecule is CCOC(=O)Cc1ccsc1NC(=O)NC1CN(C(=O)C(C)(C)C)c2ccccc2N(CC(=O)c2ccccc2C)C1=O. The number of esters is 1. The zero-order valence-corrected chi connectivity index (χ0v) is 25.7. The summed E-state index contributed by atoms with van der Waals surface area (Å²) in [5.41, 5.74) is 1.89. The summed E-state index contributed by atoms with van der Waals surface area (Å²) in [6, 6.07) is 13.9. The number of anilines is 3. The predicted molar refractivity (Wildman–Crippen MR) is 167 cm³/mol. The largest absolute Gasteiger partial charge is 0.466 e. The number of carbonyl (C=O) groups is 5. The van der Waals surface area contributed by atoms with Crippen LogP contribution in [0.4, 0.5) is 21.2 Å². The van der Waals surface area contributed by atoms with E-state index in [2.05, 4.69) is 10.6 Å². The van der Waals surface area contributed by atoms with Crippen LogP contribution in [0.25, 0.3) is 0 Å². The molecule has 2 heterocycles. The summed E-state index contributed by atoms with van der Waals surface area (Å²) in [7, 11) is 0. The Bertz CT molecular complexity index is 1540. The molecule has 1 aliphatic rings. The molecular formula is C32H36N4O6S. The van der Waals surface area contributed by atoms with Crippen molar-refractivity contribution in [2.24, 2.45) is 5.41 Å². The standard InChI is InChI=1S/C32H36N4O6S/c1-6-42-27(38)17-21-15-16-43-28(21)34-31(41)33-23-18-36(30(40)32(3,4)5)25-14-10-9-13-24(25)35(29(23)39)19-26(37)22-12-8-7-11-20(22)2/h7-16,23H,6,17-19H2,1-5H3,(H2,33,34,41). The number of hydrogen-bond acceptors (Lipinski definition) is 7. The van der Waals surface area contributed by atoms with Gasteiger partial charge in [0, 0.05) is 11.0 Å². The number of carbonyl (C=O) groups excluding carboxylic acids is 5. The average Bonchev–Trinajstić information content (AvgIpc) is 3.34. The van der Waals surface area contributed by atoms with Gasteiger partial charge in [-0.1, -0.05) is 57.2 Å². The maximum Gasteiger partial charge on any atom is 0.320 e. The van der Waals surface area contributed by atoms with E-state index in [1.807, 2.05) is 19.1 Å². The molecule has 4 rings (SSSR count). The smallest absolute Gasteiger partial charge is 0.320 e. The monoisotopic (exact) mass is 604 g/mol. The molecule has 0 spiro atoms. The van der Waals surface area contributed by atoms with E-state index in [0.29, 0.717) is 27.5 Å². The first-order chi connectivity index (χ1) is 20.4. The minimum Gasteiger partial charge on any atom is -0.466 e. The molecule has 1 aromatic heterocycles. The maximum atomic E-state index is 14.1. The van der Waals surface area contributed by atoms with Gasteiger partial charge in [-0.05, 0) is 48.6 Å². The molecule has 10 nitrogen and oxygen atoms in total. The molecule has 1 atom stereocenters. The van der Waals surface area contributed by atoms with Crippen molar-refractivity contribution in [3.8, 4) is 0 Å². The molecule has 0 saturated heterocycles. The molecule has 0 fully saturated rings. The molecule has 226 valence electrons. The van der Waals surface area contributed by atoms with Gasteiger partial charge in [0.15, 0.2) is 5.78 Å². The summed E-state index contributed by atoms with van der Waals surface area (Å²) < 4.78 is 5.02. The Morgan fingerprint density at radius 2 is 1.67 bits per heavy atom. The van der Waals surface area contributed by atoms with Crippen molar-refractivity contribution in [2.75, 3.05) is 34.8 Å². The van der Waals surface area contributed by atoms with Crippen molar-refractivity contribution in [1.29, 1.82) is 0 Å². The van der Waals surface area contributed by atoms with Crippen molar-refractivity contribution in [2.45, 2.75) is 47.1 Å². The van der Waals surface area contributed by atoms with E-state index in [0.717, 1.165) is 5.56 Å². The summed E-state index contributed by atoms with van der Waals surface area (Å²) in [6.07, 6.45) is -0.0206. The number of aryl methyl sites for hydroxylation is 1. The van der Waals surface area contributed by atoms with Crippen LogP contribution in [0.3, 0.4) is 0 Å². The van der Waals surface area contributed by atoms with Crippen LogP contribution in [-0.2, 0) is 25.5 Å². The van der Waals surface area contributed by atoms with E-state index in [-0.39, 0.29) is 37.8 Å². The molecule has 2 aromatic carbocycles. The molecule has 3 aromatic rings. The number of nitrogens with zero attached hydrogens (tertiary/aromatic N) is 2. The molecule has 4 amide bonds. The number of Topliss-reactive ketones (excluding diaryl/α,β-unsaturated/α-hetero) is 1. The number of urea groups is 1. The Morgan fingerprint density at radius 3 is 2.35 bits per heavy atom. The van der Waals surface area contributed by atoms with Crippen LogP contribution in [0.2, 0.25) is 0 Å². The summed E-state index contributed by atoms with van der Waals surface area (Å²) >= 11 is 1.23. The summed E-state index contributed by atoms with van der Waals surface area (Å²) in [5.74, 6) is -1.48. The van der Waals surface area contributed by atoms with Gasteiger partial charge in [-0.25, -0.2) is 4.79 Å². The second-order valence-electron chi connectivity index (χ2n) is 11.2. The number of hydrogen-bond donors (Lipinski definition) is 2. The molecule has 1 aliphatic heterocycles. The predicted octanol–water partition coefficient (Wildman–Crippen LogP) is 4.96. The lowest BCUT2D eigenvalue weighted by Gasteiger charge is -2.30. The van der Waals surface area contributed by atoms with E-state index in [1.165, 1.54) is 21.1 Å². The highest BCUT2D eigenvalue weighted by molar-refractivity contribution is 7.14. The van der Waals surface area contributed by atoms with Gasteiger partial charge in [0.05, 0.1) is 37.5 Å². The van der Waals surface area contributed by atoms with Gasteiger partial charge < -0.3 is 19.9 Å². The normalized spacial score (nSPS) is 14.9. The summed E-state index contributed by atoms with van der Waals surface area (Å²) in [6.45, 7) is 8.69. The van der Waals surface area contributed by atoms with Crippen molar-refractivity contribution in [3.63, 3.8) is 0 Å². The highest BCUT2D eigenvalue weighted by atomic mass is 32.1. The Kier molecular flexibility index (Phi) is 9.65. The van der Waals surface area contributed by atoms with E-state index in [9.17, 15) is 24.0 Å². The van der Waals surface area contributed by atoms with Crippen molar-refractivity contribution in [1.82, 2.24) is 5.32 Å². The number of nitrogens with one attached hydrogen (secondary N) is 2. The molecule has 1 unspecified atom stereocenters. The molecule has 0 bridgehead atoms. The molecule has 0 saturated carbocycles. The second kappa shape index (κ2) is 13.2. The minimum atomic E-state index is -1.18. The fraction of sp³-hybridized carbons (Fsp3) is 0.344. The van der Waals surface area contributed by atoms with Crippen LogP contribution < -0.4 is 20.4 Å². The van der Waals surface area contributed by atoms with E-state index < -0.39 is 29.4 Å².